The summed E-state index contributed by atoms with van der Waals surface area (Å²) >= 11 is 0. The van der Waals surface area contributed by atoms with Crippen molar-refractivity contribution in [2.45, 2.75) is 33.2 Å². The van der Waals surface area contributed by atoms with Gasteiger partial charge in [-0.25, -0.2) is 4.99 Å². The van der Waals surface area contributed by atoms with Crippen molar-refractivity contribution in [2.75, 3.05) is 0 Å². The van der Waals surface area contributed by atoms with Crippen LogP contribution in [0, 0.1) is 6.92 Å². The third-order valence-electron chi connectivity index (χ3n) is 2.56. The van der Waals surface area contributed by atoms with E-state index in [-0.39, 0.29) is 22.5 Å². The molecule has 0 unspecified atom stereocenters. The number of hydrogen-bond acceptors (Lipinski definition) is 1. The first kappa shape index (κ1) is 12.2. The number of halogens is 1. The van der Waals surface area contributed by atoms with Crippen molar-refractivity contribution in [1.82, 2.24) is 0 Å². The van der Waals surface area contributed by atoms with Crippen LogP contribution in [0.1, 0.15) is 31.9 Å². The van der Waals surface area contributed by atoms with E-state index in [0.717, 1.165) is 11.6 Å². The van der Waals surface area contributed by atoms with Gasteiger partial charge in [-0.05, 0) is 24.6 Å². The van der Waals surface area contributed by atoms with Gasteiger partial charge in [0.05, 0.1) is 12.5 Å². The number of ether oxygens (including phenoxy) is 1. The second-order valence-corrected chi connectivity index (χ2v) is 4.41. The molecule has 0 aliphatic carbocycles. The molecule has 0 aromatic heterocycles. The highest BCUT2D eigenvalue weighted by atomic mass is 79.9. The van der Waals surface area contributed by atoms with Crippen LogP contribution in [-0.2, 0) is 5.54 Å². The lowest BCUT2D eigenvalue weighted by atomic mass is 9.92. The summed E-state index contributed by atoms with van der Waals surface area (Å²) in [6.07, 6.45) is 0. The average molecular weight is 270 g/mol. The molecule has 2 rings (SSSR count). The monoisotopic (exact) mass is 269 g/mol. The van der Waals surface area contributed by atoms with Crippen LogP contribution in [0.3, 0.4) is 0 Å². The largest absolute Gasteiger partial charge is 1.00 e. The predicted octanol–water partition coefficient (Wildman–Crippen LogP) is -1.87. The highest BCUT2D eigenvalue weighted by molar-refractivity contribution is 5.72. The molecule has 2 nitrogen and oxygen atoms in total. The Balaban J connectivity index is 0.00000112. The van der Waals surface area contributed by atoms with E-state index < -0.39 is 0 Å². The lowest BCUT2D eigenvalue weighted by Crippen LogP contribution is -3.00. The maximum absolute atomic E-state index is 5.65. The molecular formula is C12H16BrNO. The molecule has 1 aliphatic heterocycles. The fourth-order valence-corrected chi connectivity index (χ4v) is 1.93. The van der Waals surface area contributed by atoms with Crippen LogP contribution in [0.5, 0.6) is 5.75 Å². The van der Waals surface area contributed by atoms with Gasteiger partial charge >= 0.3 is 5.90 Å². The molecule has 3 heteroatoms. The molecule has 0 fully saturated rings. The molecular weight excluding hydrogens is 254 g/mol. The zero-order chi connectivity index (χ0) is 10.3. The van der Waals surface area contributed by atoms with Crippen LogP contribution in [-0.4, -0.2) is 5.90 Å². The normalized spacial score (nSPS) is 16.9. The highest BCUT2D eigenvalue weighted by Crippen LogP contribution is 2.29. The van der Waals surface area contributed by atoms with Gasteiger partial charge in [-0.1, -0.05) is 6.07 Å². The fourth-order valence-electron chi connectivity index (χ4n) is 1.93. The smallest absolute Gasteiger partial charge is 0.337 e. The Morgan fingerprint density at radius 3 is 2.53 bits per heavy atom. The van der Waals surface area contributed by atoms with Crippen LogP contribution >= 0.6 is 0 Å². The van der Waals surface area contributed by atoms with E-state index in [4.69, 9.17) is 4.74 Å². The van der Waals surface area contributed by atoms with E-state index in [1.807, 2.05) is 6.92 Å². The van der Waals surface area contributed by atoms with Gasteiger partial charge in [0.25, 0.3) is 0 Å². The lowest BCUT2D eigenvalue weighted by molar-refractivity contribution is -0.564. The third-order valence-corrected chi connectivity index (χ3v) is 2.56. The summed E-state index contributed by atoms with van der Waals surface area (Å²) in [5, 5.41) is 0. The van der Waals surface area contributed by atoms with Gasteiger partial charge in [-0.3, -0.25) is 0 Å². The molecule has 0 amide bonds. The summed E-state index contributed by atoms with van der Waals surface area (Å²) in [4.78, 5) is 3.33. The first-order valence-corrected chi connectivity index (χ1v) is 4.90. The number of hydrogen-bond donors (Lipinski definition) is 1. The van der Waals surface area contributed by atoms with Gasteiger partial charge in [0, 0.05) is 13.8 Å². The van der Waals surface area contributed by atoms with Crippen molar-refractivity contribution in [3.05, 3.63) is 29.3 Å². The summed E-state index contributed by atoms with van der Waals surface area (Å²) in [5.41, 5.74) is 2.41. The molecule has 1 aliphatic rings. The minimum Gasteiger partial charge on any atom is -1.00 e. The molecule has 0 saturated heterocycles. The Morgan fingerprint density at radius 1 is 1.20 bits per heavy atom. The van der Waals surface area contributed by atoms with Crippen LogP contribution in [0.4, 0.5) is 0 Å². The average Bonchev–Trinajstić information content (AvgIpc) is 2.00. The van der Waals surface area contributed by atoms with Gasteiger partial charge in [0.15, 0.2) is 5.54 Å². The molecule has 1 heterocycles. The minimum absolute atomic E-state index is 0. The third kappa shape index (κ3) is 2.23. The van der Waals surface area contributed by atoms with Gasteiger partial charge in [-0.15, -0.1) is 0 Å². The Labute approximate surface area is 101 Å². The number of rotatable bonds is 0. The van der Waals surface area contributed by atoms with Crippen molar-refractivity contribution < 1.29 is 26.7 Å². The second-order valence-electron chi connectivity index (χ2n) is 4.41. The zero-order valence-electron chi connectivity index (χ0n) is 9.52. The molecule has 1 N–H and O–H groups in total. The summed E-state index contributed by atoms with van der Waals surface area (Å²) in [6.45, 7) is 8.35. The molecule has 82 valence electrons. The lowest BCUT2D eigenvalue weighted by Gasteiger charge is -2.23. The van der Waals surface area contributed by atoms with Crippen molar-refractivity contribution in [3.8, 4) is 5.75 Å². The predicted molar refractivity (Wildman–Crippen MR) is 56.5 cm³/mol. The first-order valence-electron chi connectivity index (χ1n) is 4.90. The topological polar surface area (TPSA) is 23.2 Å². The summed E-state index contributed by atoms with van der Waals surface area (Å²) < 4.78 is 5.65. The van der Waals surface area contributed by atoms with Crippen molar-refractivity contribution in [3.63, 3.8) is 0 Å². The summed E-state index contributed by atoms with van der Waals surface area (Å²) in [6, 6.07) is 6.33. The van der Waals surface area contributed by atoms with E-state index in [9.17, 15) is 0 Å². The van der Waals surface area contributed by atoms with Crippen LogP contribution in [0.2, 0.25) is 0 Å². The number of fused-ring (bicyclic) bond motifs is 1. The fraction of sp³-hybridized carbons (Fsp3) is 0.417. The van der Waals surface area contributed by atoms with Crippen molar-refractivity contribution in [2.24, 2.45) is 0 Å². The standard InChI is InChI=1S/C12H15NO.BrH/c1-8-5-6-10-11(7-8)14-9(2)13-12(10,3)4;/h5-7H,1-4H3;1H. The van der Waals surface area contributed by atoms with Gasteiger partial charge in [0.1, 0.15) is 5.75 Å². The summed E-state index contributed by atoms with van der Waals surface area (Å²) in [7, 11) is 0. The van der Waals surface area contributed by atoms with Crippen molar-refractivity contribution in [1.29, 1.82) is 0 Å². The quantitative estimate of drug-likeness (QED) is 0.586. The van der Waals surface area contributed by atoms with E-state index in [1.165, 1.54) is 11.1 Å². The molecule has 0 saturated carbocycles. The maximum Gasteiger partial charge on any atom is 0.337 e. The van der Waals surface area contributed by atoms with Gasteiger partial charge in [-0.2, -0.15) is 0 Å². The molecule has 1 aromatic carbocycles. The van der Waals surface area contributed by atoms with Crippen molar-refractivity contribution >= 4 is 5.90 Å². The zero-order valence-corrected chi connectivity index (χ0v) is 11.1. The second kappa shape index (κ2) is 3.97. The Kier molecular flexibility index (Phi) is 3.24. The number of nitrogens with one attached hydrogen (secondary N) is 1. The van der Waals surface area contributed by atoms with Gasteiger partial charge in [0.2, 0.25) is 0 Å². The number of benzene rings is 1. The first-order chi connectivity index (χ1) is 6.49. The summed E-state index contributed by atoms with van der Waals surface area (Å²) in [5.74, 6) is 1.85. The molecule has 0 atom stereocenters. The van der Waals surface area contributed by atoms with E-state index >= 15 is 0 Å². The van der Waals surface area contributed by atoms with Crippen LogP contribution in [0.15, 0.2) is 18.2 Å². The van der Waals surface area contributed by atoms with Crippen LogP contribution in [0.25, 0.3) is 0 Å². The minimum atomic E-state index is -0.0363. The SMILES string of the molecule is CC1=[NH+]C(C)(C)c2ccc(C)cc2O1.[Br-]. The molecule has 15 heavy (non-hydrogen) atoms. The molecule has 1 aromatic rings. The molecule has 0 spiro atoms. The molecule has 0 bridgehead atoms. The number of aryl methyl sites for hydroxylation is 1. The van der Waals surface area contributed by atoms with E-state index in [0.29, 0.717) is 0 Å². The Hall–Kier alpha value is -0.830. The van der Waals surface area contributed by atoms with E-state index in [2.05, 4.69) is 44.0 Å². The van der Waals surface area contributed by atoms with E-state index in [1.54, 1.807) is 0 Å². The van der Waals surface area contributed by atoms with Crippen LogP contribution < -0.4 is 26.7 Å². The Morgan fingerprint density at radius 2 is 1.87 bits per heavy atom. The highest BCUT2D eigenvalue weighted by Gasteiger charge is 2.34. The maximum atomic E-state index is 5.65. The van der Waals surface area contributed by atoms with Gasteiger partial charge < -0.3 is 21.7 Å². The Bertz CT molecular complexity index is 410. The molecule has 0 radical (unpaired) electrons.